The molecule has 26 heavy (non-hydrogen) atoms. The lowest BCUT2D eigenvalue weighted by atomic mass is 9.79. The van der Waals surface area contributed by atoms with Gasteiger partial charge in [-0.05, 0) is 49.3 Å². The predicted molar refractivity (Wildman–Crippen MR) is 107 cm³/mol. The average Bonchev–Trinajstić information content (AvgIpc) is 2.62. The highest BCUT2D eigenvalue weighted by Crippen LogP contribution is 2.29. The summed E-state index contributed by atoms with van der Waals surface area (Å²) in [5, 5.41) is 16.0. The zero-order valence-corrected chi connectivity index (χ0v) is 17.2. The second-order valence-electron chi connectivity index (χ2n) is 6.65. The summed E-state index contributed by atoms with van der Waals surface area (Å²) in [5.41, 5.74) is 1.00. The fourth-order valence-corrected chi connectivity index (χ4v) is 3.43. The van der Waals surface area contributed by atoms with Crippen LogP contribution in [0.5, 0.6) is 0 Å². The molecule has 0 fully saturated rings. The van der Waals surface area contributed by atoms with Gasteiger partial charge in [0, 0.05) is 26.0 Å². The van der Waals surface area contributed by atoms with Crippen LogP contribution in [0.4, 0.5) is 0 Å². The van der Waals surface area contributed by atoms with Crippen LogP contribution in [0.2, 0.25) is 0 Å². The molecule has 0 amide bonds. The smallest absolute Gasteiger partial charge is 0.191 e. The van der Waals surface area contributed by atoms with Crippen molar-refractivity contribution >= 4 is 15.8 Å². The number of hydrogen-bond donors (Lipinski definition) is 3. The molecule has 6 nitrogen and oxygen atoms in total. The van der Waals surface area contributed by atoms with Crippen molar-refractivity contribution < 1.29 is 13.5 Å². The Labute approximate surface area is 158 Å². The Kier molecular flexibility index (Phi) is 9.08. The van der Waals surface area contributed by atoms with Gasteiger partial charge in [0.1, 0.15) is 0 Å². The Balaban J connectivity index is 2.79. The zero-order chi connectivity index (χ0) is 19.6. The molecule has 3 N–H and O–H groups in total. The number of aliphatic hydroxyl groups is 1. The molecule has 0 atom stereocenters. The van der Waals surface area contributed by atoms with Crippen LogP contribution < -0.4 is 10.6 Å². The fraction of sp³-hybridized carbons (Fsp3) is 0.632. The summed E-state index contributed by atoms with van der Waals surface area (Å²) in [6.07, 6.45) is 3.94. The van der Waals surface area contributed by atoms with Crippen molar-refractivity contribution in [2.75, 3.05) is 26.0 Å². The largest absolute Gasteiger partial charge is 0.396 e. The number of rotatable bonds is 10. The molecular weight excluding hydrogens is 350 g/mol. The van der Waals surface area contributed by atoms with E-state index in [1.54, 1.807) is 24.3 Å². The van der Waals surface area contributed by atoms with Crippen molar-refractivity contribution in [3.8, 4) is 0 Å². The van der Waals surface area contributed by atoms with Gasteiger partial charge in [0.15, 0.2) is 15.8 Å². The molecule has 0 unspecified atom stereocenters. The molecule has 0 saturated heterocycles. The third-order valence-electron chi connectivity index (χ3n) is 4.89. The molecule has 0 spiro atoms. The minimum absolute atomic E-state index is 0.0576. The van der Waals surface area contributed by atoms with E-state index >= 15 is 0 Å². The van der Waals surface area contributed by atoms with Crippen LogP contribution in [-0.4, -0.2) is 45.4 Å². The van der Waals surface area contributed by atoms with E-state index in [1.807, 2.05) is 6.92 Å². The predicted octanol–water partition coefficient (Wildman–Crippen LogP) is 2.33. The summed E-state index contributed by atoms with van der Waals surface area (Å²) >= 11 is 0. The van der Waals surface area contributed by atoms with Gasteiger partial charge in [-0.15, -0.1) is 0 Å². The van der Waals surface area contributed by atoms with Gasteiger partial charge in [0.05, 0.1) is 11.4 Å². The molecule has 0 saturated carbocycles. The fourth-order valence-electron chi connectivity index (χ4n) is 2.80. The Morgan fingerprint density at radius 2 is 1.73 bits per heavy atom. The molecule has 0 aliphatic carbocycles. The van der Waals surface area contributed by atoms with E-state index in [0.29, 0.717) is 11.4 Å². The number of benzene rings is 1. The average molecular weight is 384 g/mol. The molecule has 0 aliphatic rings. The minimum atomic E-state index is -3.18. The van der Waals surface area contributed by atoms with E-state index in [9.17, 15) is 13.5 Å². The highest BCUT2D eigenvalue weighted by atomic mass is 32.2. The Hall–Kier alpha value is -1.60. The second-order valence-corrected chi connectivity index (χ2v) is 8.66. The normalized spacial score (nSPS) is 12.9. The van der Waals surface area contributed by atoms with E-state index in [-0.39, 0.29) is 12.0 Å². The van der Waals surface area contributed by atoms with Crippen LogP contribution in [0.3, 0.4) is 0 Å². The lowest BCUT2D eigenvalue weighted by Crippen LogP contribution is -2.43. The molecule has 148 valence electrons. The zero-order valence-electron chi connectivity index (χ0n) is 16.4. The minimum Gasteiger partial charge on any atom is -0.396 e. The first kappa shape index (κ1) is 22.4. The number of guanidine groups is 1. The number of hydrogen-bond acceptors (Lipinski definition) is 4. The van der Waals surface area contributed by atoms with Gasteiger partial charge in [-0.25, -0.2) is 13.4 Å². The molecule has 1 rings (SSSR count). The van der Waals surface area contributed by atoms with Crippen molar-refractivity contribution in [3.05, 3.63) is 29.8 Å². The number of sulfone groups is 1. The van der Waals surface area contributed by atoms with Gasteiger partial charge >= 0.3 is 0 Å². The quantitative estimate of drug-likeness (QED) is 0.426. The summed E-state index contributed by atoms with van der Waals surface area (Å²) in [7, 11) is -3.18. The van der Waals surface area contributed by atoms with Crippen LogP contribution in [0.15, 0.2) is 34.2 Å². The third-order valence-corrected chi connectivity index (χ3v) is 6.02. The van der Waals surface area contributed by atoms with Crippen molar-refractivity contribution in [3.63, 3.8) is 0 Å². The van der Waals surface area contributed by atoms with Crippen LogP contribution >= 0.6 is 0 Å². The highest BCUT2D eigenvalue weighted by molar-refractivity contribution is 7.90. The van der Waals surface area contributed by atoms with Crippen LogP contribution in [0.1, 0.15) is 45.6 Å². The molecule has 1 aromatic carbocycles. The molecule has 0 aliphatic heterocycles. The van der Waals surface area contributed by atoms with Gasteiger partial charge in [-0.1, -0.05) is 26.0 Å². The number of aliphatic hydroxyl groups excluding tert-OH is 1. The Morgan fingerprint density at radius 1 is 1.12 bits per heavy atom. The first-order valence-corrected chi connectivity index (χ1v) is 11.1. The number of nitrogens with one attached hydrogen (secondary N) is 2. The standard InChI is InChI=1S/C19H33N3O3S/c1-5-19(6-2,12-13-23)15-22-18(20-7-3)21-14-16-8-10-17(11-9-16)26(4,24)25/h8-11,23H,5-7,12-15H2,1-4H3,(H2,20,21,22). The van der Waals surface area contributed by atoms with Gasteiger partial charge in [0.2, 0.25) is 0 Å². The molecule has 0 heterocycles. The SMILES string of the molecule is CCNC(=NCc1ccc(S(C)(=O)=O)cc1)NCC(CC)(CC)CCO. The van der Waals surface area contributed by atoms with E-state index in [1.165, 1.54) is 6.26 Å². The van der Waals surface area contributed by atoms with Gasteiger partial charge in [-0.3, -0.25) is 0 Å². The lowest BCUT2D eigenvalue weighted by Gasteiger charge is -2.32. The van der Waals surface area contributed by atoms with E-state index < -0.39 is 9.84 Å². The highest BCUT2D eigenvalue weighted by Gasteiger charge is 2.25. The summed E-state index contributed by atoms with van der Waals surface area (Å²) in [6.45, 7) is 8.46. The summed E-state index contributed by atoms with van der Waals surface area (Å²) in [6, 6.07) is 6.80. The maximum absolute atomic E-state index is 11.5. The molecule has 0 radical (unpaired) electrons. The van der Waals surface area contributed by atoms with Gasteiger partial charge < -0.3 is 15.7 Å². The van der Waals surface area contributed by atoms with Crippen molar-refractivity contribution in [2.24, 2.45) is 10.4 Å². The molecule has 0 aromatic heterocycles. The van der Waals surface area contributed by atoms with E-state index in [4.69, 9.17) is 0 Å². The van der Waals surface area contributed by atoms with E-state index in [2.05, 4.69) is 29.5 Å². The monoisotopic (exact) mass is 383 g/mol. The topological polar surface area (TPSA) is 90.8 Å². The molecule has 0 bridgehead atoms. The molecular formula is C19H33N3O3S. The first-order valence-electron chi connectivity index (χ1n) is 9.22. The lowest BCUT2D eigenvalue weighted by molar-refractivity contribution is 0.169. The van der Waals surface area contributed by atoms with Crippen LogP contribution in [-0.2, 0) is 16.4 Å². The number of aliphatic imine (C=N–C) groups is 1. The van der Waals surface area contributed by atoms with Gasteiger partial charge in [0.25, 0.3) is 0 Å². The molecule has 1 aromatic rings. The number of nitrogens with zero attached hydrogens (tertiary/aromatic N) is 1. The van der Waals surface area contributed by atoms with Gasteiger partial charge in [-0.2, -0.15) is 0 Å². The van der Waals surface area contributed by atoms with Crippen molar-refractivity contribution in [1.29, 1.82) is 0 Å². The summed E-state index contributed by atoms with van der Waals surface area (Å²) in [5.74, 6) is 0.726. The Bertz CT molecular complexity index is 666. The maximum atomic E-state index is 11.5. The molecule has 7 heteroatoms. The summed E-state index contributed by atoms with van der Waals surface area (Å²) < 4.78 is 23.0. The second kappa shape index (κ2) is 10.5. The van der Waals surface area contributed by atoms with Crippen molar-refractivity contribution in [2.45, 2.75) is 51.5 Å². The van der Waals surface area contributed by atoms with E-state index in [0.717, 1.165) is 43.9 Å². The van der Waals surface area contributed by atoms with Crippen LogP contribution in [0.25, 0.3) is 0 Å². The first-order chi connectivity index (χ1) is 12.3. The third kappa shape index (κ3) is 6.96. The summed E-state index contributed by atoms with van der Waals surface area (Å²) in [4.78, 5) is 4.90. The Morgan fingerprint density at radius 3 is 2.19 bits per heavy atom. The maximum Gasteiger partial charge on any atom is 0.191 e. The van der Waals surface area contributed by atoms with Crippen LogP contribution in [0, 0.1) is 5.41 Å². The van der Waals surface area contributed by atoms with Crippen molar-refractivity contribution in [1.82, 2.24) is 10.6 Å².